The van der Waals surface area contributed by atoms with E-state index >= 15 is 0 Å². The van der Waals surface area contributed by atoms with E-state index in [9.17, 15) is 5.26 Å². The molecule has 4 aromatic rings. The molecular formula is C38H46ClN3. The average Bonchev–Trinajstić information content (AvgIpc) is 3.45. The number of unbranched alkanes of at least 4 members (excludes halogenated alkanes) is 9. The highest BCUT2D eigenvalue weighted by Crippen LogP contribution is 2.33. The first-order chi connectivity index (χ1) is 20.7. The summed E-state index contributed by atoms with van der Waals surface area (Å²) < 4.78 is 0. The van der Waals surface area contributed by atoms with Crippen LogP contribution in [0.25, 0.3) is 27.2 Å². The van der Waals surface area contributed by atoms with Crippen molar-refractivity contribution in [3.05, 3.63) is 95.4 Å². The predicted molar refractivity (Wildman–Crippen MR) is 181 cm³/mol. The minimum atomic E-state index is 0.440. The Morgan fingerprint density at radius 1 is 0.881 bits per heavy atom. The topological polar surface area (TPSA) is 52.5 Å². The Hall–Kier alpha value is -3.35. The molecule has 2 aromatic carbocycles. The van der Waals surface area contributed by atoms with E-state index in [0.717, 1.165) is 55.0 Å². The van der Waals surface area contributed by atoms with Gasteiger partial charge in [-0.3, -0.25) is 4.98 Å². The molecule has 2 aromatic heterocycles. The third-order valence-corrected chi connectivity index (χ3v) is 8.64. The van der Waals surface area contributed by atoms with Gasteiger partial charge in [0, 0.05) is 40.2 Å². The maximum Gasteiger partial charge on any atom is 0.0995 e. The molecule has 3 nitrogen and oxygen atoms in total. The van der Waals surface area contributed by atoms with Crippen LogP contribution in [-0.4, -0.2) is 9.97 Å². The first-order valence-electron chi connectivity index (χ1n) is 16.1. The van der Waals surface area contributed by atoms with Crippen molar-refractivity contribution in [3.63, 3.8) is 0 Å². The summed E-state index contributed by atoms with van der Waals surface area (Å²) in [6.07, 6.45) is 27.7. The van der Waals surface area contributed by atoms with Gasteiger partial charge in [0.15, 0.2) is 0 Å². The summed E-state index contributed by atoms with van der Waals surface area (Å²) in [6, 6.07) is 19.0. The normalized spacial score (nSPS) is 12.8. The predicted octanol–water partition coefficient (Wildman–Crippen LogP) is 12.1. The number of nitrogens with zero attached hydrogens (tertiary/aromatic N) is 2. The van der Waals surface area contributed by atoms with Gasteiger partial charge in [0.2, 0.25) is 0 Å². The largest absolute Gasteiger partial charge is 0.360 e. The van der Waals surface area contributed by atoms with E-state index in [4.69, 9.17) is 16.6 Å². The second-order valence-corrected chi connectivity index (χ2v) is 11.9. The average molecular weight is 580 g/mol. The zero-order chi connectivity index (χ0) is 29.4. The number of benzene rings is 2. The van der Waals surface area contributed by atoms with E-state index in [1.165, 1.54) is 67.8 Å². The third kappa shape index (κ3) is 9.07. The standard InChI is InChI=1S/C38H46ClN3/c1-2-3-4-5-6-7-8-9-10-11-13-20-31(38-33-23-17-16-19-30(33)26-27-41-38)21-14-12-15-22-32(28-40)34-29-42-36-25-18-24-35(39)37(34)36/h9-10,16-19,22-27,29,31,42H,2-8,11-15,20-21H2,1H3/b10-9-,32-22+. The van der Waals surface area contributed by atoms with Gasteiger partial charge >= 0.3 is 0 Å². The number of nitrogens with one attached hydrogen (secondary N) is 1. The van der Waals surface area contributed by atoms with Crippen LogP contribution >= 0.6 is 11.6 Å². The van der Waals surface area contributed by atoms with E-state index in [2.05, 4.69) is 66.5 Å². The van der Waals surface area contributed by atoms with Gasteiger partial charge in [-0.1, -0.05) is 106 Å². The lowest BCUT2D eigenvalue weighted by molar-refractivity contribution is 0.518. The lowest BCUT2D eigenvalue weighted by atomic mass is 9.89. The molecule has 0 aliphatic rings. The summed E-state index contributed by atoms with van der Waals surface area (Å²) in [5, 5.41) is 14.0. The van der Waals surface area contributed by atoms with Crippen molar-refractivity contribution >= 4 is 38.8 Å². The summed E-state index contributed by atoms with van der Waals surface area (Å²) in [5.41, 5.74) is 3.78. The van der Waals surface area contributed by atoms with Crippen molar-refractivity contribution in [2.75, 3.05) is 0 Å². The number of hydrogen-bond acceptors (Lipinski definition) is 2. The summed E-state index contributed by atoms with van der Waals surface area (Å²) in [4.78, 5) is 8.15. The van der Waals surface area contributed by atoms with Crippen molar-refractivity contribution in [2.24, 2.45) is 0 Å². The maximum atomic E-state index is 9.89. The second-order valence-electron chi connectivity index (χ2n) is 11.5. The minimum absolute atomic E-state index is 0.440. The monoisotopic (exact) mass is 579 g/mol. The van der Waals surface area contributed by atoms with E-state index < -0.39 is 0 Å². The Morgan fingerprint density at radius 2 is 1.64 bits per heavy atom. The Balaban J connectivity index is 1.32. The molecule has 0 fully saturated rings. The Bertz CT molecular complexity index is 1480. The Kier molecular flexibility index (Phi) is 13.2. The van der Waals surface area contributed by atoms with Gasteiger partial charge in [0.25, 0.3) is 0 Å². The summed E-state index contributed by atoms with van der Waals surface area (Å²) in [7, 11) is 0. The highest BCUT2D eigenvalue weighted by atomic mass is 35.5. The number of aromatic nitrogens is 2. The molecule has 0 bridgehead atoms. The van der Waals surface area contributed by atoms with Crippen molar-refractivity contribution in [2.45, 2.75) is 103 Å². The van der Waals surface area contributed by atoms with Crippen LogP contribution in [0.3, 0.4) is 0 Å². The molecular weight excluding hydrogens is 534 g/mol. The van der Waals surface area contributed by atoms with Crippen LogP contribution in [0.2, 0.25) is 5.02 Å². The molecule has 0 aliphatic carbocycles. The minimum Gasteiger partial charge on any atom is -0.360 e. The third-order valence-electron chi connectivity index (χ3n) is 8.33. The highest BCUT2D eigenvalue weighted by molar-refractivity contribution is 6.36. The highest BCUT2D eigenvalue weighted by Gasteiger charge is 2.16. The zero-order valence-corrected chi connectivity index (χ0v) is 26.0. The first kappa shape index (κ1) is 31.6. The number of fused-ring (bicyclic) bond motifs is 2. The number of nitriles is 1. The fraction of sp³-hybridized carbons (Fsp3) is 0.421. The Morgan fingerprint density at radius 3 is 2.50 bits per heavy atom. The lowest BCUT2D eigenvalue weighted by Crippen LogP contribution is -2.03. The molecule has 1 N–H and O–H groups in total. The van der Waals surface area contributed by atoms with E-state index in [1.807, 2.05) is 30.6 Å². The summed E-state index contributed by atoms with van der Waals surface area (Å²) >= 11 is 6.46. The van der Waals surface area contributed by atoms with Gasteiger partial charge in [0.05, 0.1) is 22.4 Å². The molecule has 1 unspecified atom stereocenters. The lowest BCUT2D eigenvalue weighted by Gasteiger charge is -2.18. The smallest absolute Gasteiger partial charge is 0.0995 e. The molecule has 4 heteroatoms. The molecule has 0 aliphatic heterocycles. The van der Waals surface area contributed by atoms with Gasteiger partial charge in [-0.05, 0) is 75.0 Å². The van der Waals surface area contributed by atoms with Crippen LogP contribution < -0.4 is 0 Å². The van der Waals surface area contributed by atoms with Gasteiger partial charge in [0.1, 0.15) is 0 Å². The molecule has 42 heavy (non-hydrogen) atoms. The quantitative estimate of drug-likeness (QED) is 0.0723. The van der Waals surface area contributed by atoms with Gasteiger partial charge < -0.3 is 4.98 Å². The van der Waals surface area contributed by atoms with E-state index in [0.29, 0.717) is 16.5 Å². The SMILES string of the molecule is CCCCCCCC/C=C\CCCC(CCCC/C=C(\C#N)c1c[nH]c2cccc(Cl)c12)c1nccc2ccccc12. The molecule has 1 atom stereocenters. The van der Waals surface area contributed by atoms with Crippen molar-refractivity contribution in [3.8, 4) is 6.07 Å². The summed E-state index contributed by atoms with van der Waals surface area (Å²) in [6.45, 7) is 2.27. The molecule has 0 spiro atoms. The van der Waals surface area contributed by atoms with Crippen LogP contribution in [0.4, 0.5) is 0 Å². The molecule has 4 rings (SSSR count). The number of halogens is 1. The van der Waals surface area contributed by atoms with Crippen LogP contribution in [0, 0.1) is 11.3 Å². The number of rotatable bonds is 18. The van der Waals surface area contributed by atoms with Gasteiger partial charge in [-0.25, -0.2) is 0 Å². The number of aromatic amines is 1. The zero-order valence-electron chi connectivity index (χ0n) is 25.3. The number of hydrogen-bond donors (Lipinski definition) is 1. The number of pyridine rings is 1. The molecule has 0 radical (unpaired) electrons. The van der Waals surface area contributed by atoms with Crippen molar-refractivity contribution in [1.29, 1.82) is 5.26 Å². The number of allylic oxidation sites excluding steroid dienone is 4. The van der Waals surface area contributed by atoms with Gasteiger partial charge in [-0.2, -0.15) is 5.26 Å². The first-order valence-corrected chi connectivity index (χ1v) is 16.5. The van der Waals surface area contributed by atoms with Crippen LogP contribution in [-0.2, 0) is 0 Å². The molecule has 0 amide bonds. The van der Waals surface area contributed by atoms with Crippen LogP contribution in [0.1, 0.15) is 114 Å². The van der Waals surface area contributed by atoms with Crippen molar-refractivity contribution in [1.82, 2.24) is 9.97 Å². The van der Waals surface area contributed by atoms with Crippen molar-refractivity contribution < 1.29 is 0 Å². The van der Waals surface area contributed by atoms with Crippen LogP contribution in [0.15, 0.2) is 79.2 Å². The van der Waals surface area contributed by atoms with E-state index in [1.54, 1.807) is 0 Å². The maximum absolute atomic E-state index is 9.89. The molecule has 2 heterocycles. The molecule has 220 valence electrons. The fourth-order valence-electron chi connectivity index (χ4n) is 6.00. The summed E-state index contributed by atoms with van der Waals surface area (Å²) in [5.74, 6) is 0.440. The van der Waals surface area contributed by atoms with E-state index in [-0.39, 0.29) is 0 Å². The molecule has 0 saturated heterocycles. The van der Waals surface area contributed by atoms with Gasteiger partial charge in [-0.15, -0.1) is 0 Å². The Labute approximate surface area is 257 Å². The fourth-order valence-corrected chi connectivity index (χ4v) is 6.27. The second kappa shape index (κ2) is 17.6. The molecule has 0 saturated carbocycles. The van der Waals surface area contributed by atoms with Crippen LogP contribution in [0.5, 0.6) is 0 Å². The number of H-pyrrole nitrogens is 1.